The van der Waals surface area contributed by atoms with Crippen molar-refractivity contribution >= 4 is 23.5 Å². The number of rotatable bonds is 12. The second-order valence-electron chi connectivity index (χ2n) is 7.29. The Balaban J connectivity index is 1.43. The van der Waals surface area contributed by atoms with Crippen molar-refractivity contribution in [1.29, 1.82) is 0 Å². The van der Waals surface area contributed by atoms with Crippen molar-refractivity contribution in [2.24, 2.45) is 0 Å². The summed E-state index contributed by atoms with van der Waals surface area (Å²) in [6, 6.07) is 20.7. The van der Waals surface area contributed by atoms with E-state index in [-0.39, 0.29) is 11.4 Å². The Hall–Kier alpha value is -3.55. The maximum Gasteiger partial charge on any atom is 0.211 e. The minimum absolute atomic E-state index is 0.0403. The lowest BCUT2D eigenvalue weighted by Gasteiger charge is -2.14. The van der Waals surface area contributed by atoms with Crippen molar-refractivity contribution in [3.63, 3.8) is 0 Å². The Labute approximate surface area is 188 Å². The number of aliphatic hydroxyl groups excluding tert-OH is 1. The smallest absolute Gasteiger partial charge is 0.211 e. The number of hydrogen-bond acceptors (Lipinski definition) is 6. The van der Waals surface area contributed by atoms with Crippen LogP contribution < -0.4 is 20.7 Å². The predicted molar refractivity (Wildman–Crippen MR) is 127 cm³/mol. The Morgan fingerprint density at radius 3 is 2.34 bits per heavy atom. The van der Waals surface area contributed by atoms with E-state index in [2.05, 4.69) is 28.1 Å². The number of amides is 1. The van der Waals surface area contributed by atoms with Gasteiger partial charge in [-0.05, 0) is 79.5 Å². The van der Waals surface area contributed by atoms with Crippen LogP contribution in [-0.4, -0.2) is 36.3 Å². The summed E-state index contributed by atoms with van der Waals surface area (Å²) in [6.45, 7) is 3.69. The zero-order valence-corrected chi connectivity index (χ0v) is 18.0. The van der Waals surface area contributed by atoms with Crippen molar-refractivity contribution in [2.75, 3.05) is 30.3 Å². The number of carbonyl (C=O) groups excluding carboxylic acids is 1. The van der Waals surface area contributed by atoms with E-state index in [0.29, 0.717) is 31.7 Å². The average Bonchev–Trinajstić information content (AvgIpc) is 2.81. The first-order valence-corrected chi connectivity index (χ1v) is 10.6. The van der Waals surface area contributed by atoms with E-state index >= 15 is 0 Å². The second kappa shape index (κ2) is 11.7. The van der Waals surface area contributed by atoms with Crippen LogP contribution in [-0.2, 0) is 11.2 Å². The Morgan fingerprint density at radius 1 is 1.00 bits per heavy atom. The van der Waals surface area contributed by atoms with Crippen LogP contribution in [0.3, 0.4) is 0 Å². The van der Waals surface area contributed by atoms with Crippen LogP contribution in [0.5, 0.6) is 11.5 Å². The van der Waals surface area contributed by atoms with Gasteiger partial charge in [-0.25, -0.2) is 0 Å². The molecule has 0 aliphatic rings. The van der Waals surface area contributed by atoms with E-state index in [0.717, 1.165) is 23.5 Å². The van der Waals surface area contributed by atoms with Gasteiger partial charge in [0.15, 0.2) is 0 Å². The molecule has 0 aromatic heterocycles. The molecule has 0 heterocycles. The van der Waals surface area contributed by atoms with Gasteiger partial charge in [0.1, 0.15) is 11.5 Å². The van der Waals surface area contributed by atoms with Crippen molar-refractivity contribution in [3.8, 4) is 11.5 Å². The number of nitrogens with one attached hydrogen (secondary N) is 3. The second-order valence-corrected chi connectivity index (χ2v) is 7.29. The maximum atomic E-state index is 10.6. The molecule has 7 heteroatoms. The SMILES string of the molecule is CCOc1ccc(Nc2ccc(CCNC[C@H](O)c3ccc(O)c(NC=O)c3)cc2)cc1. The first-order valence-electron chi connectivity index (χ1n) is 10.6. The van der Waals surface area contributed by atoms with Gasteiger partial charge in [-0.3, -0.25) is 4.79 Å². The minimum Gasteiger partial charge on any atom is -0.506 e. The molecule has 0 aliphatic heterocycles. The van der Waals surface area contributed by atoms with Crippen molar-refractivity contribution in [3.05, 3.63) is 77.9 Å². The van der Waals surface area contributed by atoms with Crippen LogP contribution in [0, 0.1) is 0 Å². The number of benzene rings is 3. The lowest BCUT2D eigenvalue weighted by atomic mass is 10.1. The zero-order chi connectivity index (χ0) is 22.8. The molecule has 3 rings (SSSR count). The first kappa shape index (κ1) is 23.1. The molecular weight excluding hydrogens is 406 g/mol. The van der Waals surface area contributed by atoms with Crippen LogP contribution in [0.1, 0.15) is 24.2 Å². The monoisotopic (exact) mass is 435 g/mol. The number of phenols is 1. The number of anilines is 3. The normalized spacial score (nSPS) is 11.6. The lowest BCUT2D eigenvalue weighted by Crippen LogP contribution is -2.23. The van der Waals surface area contributed by atoms with Crippen LogP contribution in [0.15, 0.2) is 66.7 Å². The highest BCUT2D eigenvalue weighted by molar-refractivity contribution is 5.75. The number of phenolic OH excluding ortho intramolecular Hbond substituents is 1. The number of hydrogen-bond donors (Lipinski definition) is 5. The predicted octanol–water partition coefficient (Wildman–Crippen LogP) is 3.97. The molecule has 32 heavy (non-hydrogen) atoms. The Bertz CT molecular complexity index is 991. The number of aromatic hydroxyl groups is 1. The molecule has 0 fully saturated rings. The van der Waals surface area contributed by atoms with Crippen molar-refractivity contribution in [2.45, 2.75) is 19.4 Å². The van der Waals surface area contributed by atoms with Gasteiger partial charge >= 0.3 is 0 Å². The third-order valence-electron chi connectivity index (χ3n) is 4.96. The molecule has 3 aromatic carbocycles. The van der Waals surface area contributed by atoms with Crippen molar-refractivity contribution < 1.29 is 19.7 Å². The van der Waals surface area contributed by atoms with Gasteiger partial charge in [0, 0.05) is 17.9 Å². The first-order chi connectivity index (χ1) is 15.6. The fourth-order valence-electron chi connectivity index (χ4n) is 3.25. The summed E-state index contributed by atoms with van der Waals surface area (Å²) in [7, 11) is 0. The summed E-state index contributed by atoms with van der Waals surface area (Å²) >= 11 is 0. The molecule has 0 radical (unpaired) electrons. The standard InChI is InChI=1S/C25H29N3O4/c1-2-32-22-10-8-21(9-11-22)28-20-6-3-18(4-7-20)13-14-26-16-25(31)19-5-12-24(30)23(15-19)27-17-29/h3-12,15,17,25-26,28,30-31H,2,13-14,16H2,1H3,(H,27,29)/t25-/m0/s1. The molecule has 168 valence electrons. The molecule has 0 saturated carbocycles. The van der Waals surface area contributed by atoms with Crippen LogP contribution in [0.25, 0.3) is 0 Å². The van der Waals surface area contributed by atoms with Crippen LogP contribution in [0.2, 0.25) is 0 Å². The minimum atomic E-state index is -0.747. The fraction of sp³-hybridized carbons (Fsp3) is 0.240. The third kappa shape index (κ3) is 6.73. The molecule has 1 amide bonds. The van der Waals surface area contributed by atoms with E-state index in [1.54, 1.807) is 12.1 Å². The van der Waals surface area contributed by atoms with E-state index in [1.165, 1.54) is 11.6 Å². The Morgan fingerprint density at radius 2 is 1.69 bits per heavy atom. The largest absolute Gasteiger partial charge is 0.506 e. The van der Waals surface area contributed by atoms with Crippen LogP contribution >= 0.6 is 0 Å². The summed E-state index contributed by atoms with van der Waals surface area (Å²) in [5.74, 6) is 0.816. The number of carbonyl (C=O) groups is 1. The topological polar surface area (TPSA) is 103 Å². The highest BCUT2D eigenvalue weighted by atomic mass is 16.5. The Kier molecular flexibility index (Phi) is 8.48. The fourth-order valence-corrected chi connectivity index (χ4v) is 3.25. The van der Waals surface area contributed by atoms with E-state index < -0.39 is 6.10 Å². The van der Waals surface area contributed by atoms with Gasteiger partial charge in [0.05, 0.1) is 18.4 Å². The highest BCUT2D eigenvalue weighted by Gasteiger charge is 2.10. The molecule has 5 N–H and O–H groups in total. The van der Waals surface area contributed by atoms with Gasteiger partial charge in [-0.15, -0.1) is 0 Å². The molecule has 0 spiro atoms. The van der Waals surface area contributed by atoms with Gasteiger partial charge in [-0.1, -0.05) is 18.2 Å². The average molecular weight is 436 g/mol. The molecule has 1 atom stereocenters. The quantitative estimate of drug-likeness (QED) is 0.168. The molecule has 0 aliphatic carbocycles. The molecule has 0 unspecified atom stereocenters. The van der Waals surface area contributed by atoms with Crippen molar-refractivity contribution in [1.82, 2.24) is 5.32 Å². The molecule has 0 bridgehead atoms. The van der Waals surface area contributed by atoms with Gasteiger partial charge in [0.25, 0.3) is 0 Å². The molecule has 0 saturated heterocycles. The summed E-state index contributed by atoms with van der Waals surface area (Å²) in [4.78, 5) is 10.6. The number of ether oxygens (including phenoxy) is 1. The maximum absolute atomic E-state index is 10.6. The van der Waals surface area contributed by atoms with Crippen LogP contribution in [0.4, 0.5) is 17.1 Å². The zero-order valence-electron chi connectivity index (χ0n) is 18.0. The summed E-state index contributed by atoms with van der Waals surface area (Å²) in [5.41, 5.74) is 4.08. The summed E-state index contributed by atoms with van der Waals surface area (Å²) < 4.78 is 5.46. The molecule has 7 nitrogen and oxygen atoms in total. The van der Waals surface area contributed by atoms with Gasteiger partial charge in [0.2, 0.25) is 6.41 Å². The van der Waals surface area contributed by atoms with E-state index in [9.17, 15) is 15.0 Å². The third-order valence-corrected chi connectivity index (χ3v) is 4.96. The van der Waals surface area contributed by atoms with E-state index in [4.69, 9.17) is 4.74 Å². The van der Waals surface area contributed by atoms with E-state index in [1.807, 2.05) is 43.3 Å². The molecule has 3 aromatic rings. The highest BCUT2D eigenvalue weighted by Crippen LogP contribution is 2.26. The summed E-state index contributed by atoms with van der Waals surface area (Å²) in [6.07, 6.45) is 0.565. The summed E-state index contributed by atoms with van der Waals surface area (Å²) in [5, 5.41) is 29.1. The lowest BCUT2D eigenvalue weighted by molar-refractivity contribution is -0.105. The number of aliphatic hydroxyl groups is 1. The van der Waals surface area contributed by atoms with Gasteiger partial charge in [-0.2, -0.15) is 0 Å². The molecular formula is C25H29N3O4. The van der Waals surface area contributed by atoms with Gasteiger partial charge < -0.3 is 30.9 Å².